The number of nitrogens with zero attached hydrogens (tertiary/aromatic N) is 1. The van der Waals surface area contributed by atoms with E-state index in [0.29, 0.717) is 6.54 Å². The van der Waals surface area contributed by atoms with Crippen LogP contribution in [0.25, 0.3) is 10.6 Å². The summed E-state index contributed by atoms with van der Waals surface area (Å²) < 4.78 is 0. The first kappa shape index (κ1) is 12.7. The van der Waals surface area contributed by atoms with Crippen molar-refractivity contribution in [3.63, 3.8) is 0 Å². The summed E-state index contributed by atoms with van der Waals surface area (Å²) in [5.41, 5.74) is 9.59. The Kier molecular flexibility index (Phi) is 3.39. The van der Waals surface area contributed by atoms with Crippen molar-refractivity contribution in [3.8, 4) is 10.6 Å². The van der Waals surface area contributed by atoms with Crippen molar-refractivity contribution >= 4 is 22.7 Å². The van der Waals surface area contributed by atoms with Crippen LogP contribution in [0.3, 0.4) is 0 Å². The van der Waals surface area contributed by atoms with Crippen LogP contribution >= 0.6 is 22.7 Å². The first-order valence-electron chi connectivity index (χ1n) is 5.67. The Bertz CT molecular complexity index is 518. The van der Waals surface area contributed by atoms with E-state index in [0.717, 1.165) is 10.7 Å². The molecular weight excluding hydrogens is 248 g/mol. The van der Waals surface area contributed by atoms with Crippen molar-refractivity contribution in [1.29, 1.82) is 0 Å². The maximum absolute atomic E-state index is 5.83. The van der Waals surface area contributed by atoms with Crippen molar-refractivity contribution in [3.05, 3.63) is 26.9 Å². The van der Waals surface area contributed by atoms with E-state index in [1.807, 2.05) is 0 Å². The average Bonchev–Trinajstić information content (AvgIpc) is 2.81. The van der Waals surface area contributed by atoms with Crippen LogP contribution in [0.1, 0.15) is 36.9 Å². The molecule has 17 heavy (non-hydrogen) atoms. The second kappa shape index (κ2) is 4.52. The Morgan fingerprint density at radius 3 is 2.41 bits per heavy atom. The fourth-order valence-electron chi connectivity index (χ4n) is 1.77. The average molecular weight is 266 g/mol. The van der Waals surface area contributed by atoms with Crippen LogP contribution < -0.4 is 5.73 Å². The summed E-state index contributed by atoms with van der Waals surface area (Å²) in [6, 6.07) is 0. The number of hydrogen-bond donors (Lipinski definition) is 1. The van der Waals surface area contributed by atoms with Gasteiger partial charge >= 0.3 is 0 Å². The molecule has 2 aromatic rings. The minimum Gasteiger partial charge on any atom is -0.326 e. The molecule has 0 radical (unpaired) electrons. The van der Waals surface area contributed by atoms with Crippen LogP contribution in [0, 0.1) is 6.92 Å². The van der Waals surface area contributed by atoms with Crippen molar-refractivity contribution in [2.24, 2.45) is 5.73 Å². The predicted molar refractivity (Wildman–Crippen MR) is 76.8 cm³/mol. The SMILES string of the molecule is Cc1cscc1-c1nc(C(C)(C)C)c(CN)s1. The molecule has 2 nitrogen and oxygen atoms in total. The first-order chi connectivity index (χ1) is 7.93. The maximum atomic E-state index is 5.83. The van der Waals surface area contributed by atoms with Crippen LogP contribution in [-0.4, -0.2) is 4.98 Å². The molecule has 0 unspecified atom stereocenters. The van der Waals surface area contributed by atoms with E-state index in [-0.39, 0.29) is 5.41 Å². The van der Waals surface area contributed by atoms with Crippen molar-refractivity contribution in [2.75, 3.05) is 0 Å². The van der Waals surface area contributed by atoms with E-state index < -0.39 is 0 Å². The van der Waals surface area contributed by atoms with Crippen LogP contribution in [0.2, 0.25) is 0 Å². The summed E-state index contributed by atoms with van der Waals surface area (Å²) in [4.78, 5) is 6.01. The van der Waals surface area contributed by atoms with Crippen LogP contribution in [0.5, 0.6) is 0 Å². The highest BCUT2D eigenvalue weighted by atomic mass is 32.1. The molecular formula is C13H18N2S2. The topological polar surface area (TPSA) is 38.9 Å². The third-order valence-corrected chi connectivity index (χ3v) is 4.65. The standard InChI is InChI=1S/C13H18N2S2/c1-8-6-16-7-9(8)12-15-11(13(2,3)4)10(5-14)17-12/h6-7H,5,14H2,1-4H3. The van der Waals surface area contributed by atoms with Crippen molar-refractivity contribution < 1.29 is 0 Å². The number of nitrogens with two attached hydrogens (primary N) is 1. The zero-order chi connectivity index (χ0) is 12.6. The second-order valence-electron chi connectivity index (χ2n) is 5.21. The molecule has 0 saturated heterocycles. The minimum absolute atomic E-state index is 0.0629. The quantitative estimate of drug-likeness (QED) is 0.894. The Morgan fingerprint density at radius 1 is 1.29 bits per heavy atom. The van der Waals surface area contributed by atoms with E-state index in [1.165, 1.54) is 16.0 Å². The molecule has 0 saturated carbocycles. The van der Waals surface area contributed by atoms with E-state index in [4.69, 9.17) is 10.7 Å². The maximum Gasteiger partial charge on any atom is 0.125 e. The lowest BCUT2D eigenvalue weighted by atomic mass is 9.91. The number of thiophene rings is 1. The van der Waals surface area contributed by atoms with Crippen LogP contribution in [0.15, 0.2) is 10.8 Å². The van der Waals surface area contributed by atoms with Gasteiger partial charge in [0.15, 0.2) is 0 Å². The molecule has 92 valence electrons. The third kappa shape index (κ3) is 2.44. The Morgan fingerprint density at radius 2 is 2.00 bits per heavy atom. The molecule has 0 atom stereocenters. The Hall–Kier alpha value is -0.710. The lowest BCUT2D eigenvalue weighted by molar-refractivity contribution is 0.567. The van der Waals surface area contributed by atoms with Gasteiger partial charge in [-0.3, -0.25) is 0 Å². The van der Waals surface area contributed by atoms with Crippen molar-refractivity contribution in [1.82, 2.24) is 4.98 Å². The van der Waals surface area contributed by atoms with Gasteiger partial charge in [-0.25, -0.2) is 4.98 Å². The molecule has 4 heteroatoms. The predicted octanol–water partition coefficient (Wildman–Crippen LogP) is 3.94. The summed E-state index contributed by atoms with van der Waals surface area (Å²) in [6.07, 6.45) is 0. The highest BCUT2D eigenvalue weighted by Gasteiger charge is 2.23. The molecule has 0 aliphatic carbocycles. The van der Waals surface area contributed by atoms with Gasteiger partial charge in [0.25, 0.3) is 0 Å². The van der Waals surface area contributed by atoms with Gasteiger partial charge < -0.3 is 5.73 Å². The van der Waals surface area contributed by atoms with Gasteiger partial charge in [-0.05, 0) is 17.9 Å². The Balaban J connectivity index is 2.52. The summed E-state index contributed by atoms with van der Waals surface area (Å²) in [5.74, 6) is 0. The largest absolute Gasteiger partial charge is 0.326 e. The summed E-state index contributed by atoms with van der Waals surface area (Å²) in [7, 11) is 0. The molecule has 2 rings (SSSR count). The van der Waals surface area contributed by atoms with Crippen molar-refractivity contribution in [2.45, 2.75) is 39.7 Å². The monoisotopic (exact) mass is 266 g/mol. The van der Waals surface area contributed by atoms with E-state index in [9.17, 15) is 0 Å². The number of hydrogen-bond acceptors (Lipinski definition) is 4. The zero-order valence-corrected chi connectivity index (χ0v) is 12.3. The number of aromatic nitrogens is 1. The number of thiazole rings is 1. The molecule has 0 bridgehead atoms. The first-order valence-corrected chi connectivity index (χ1v) is 7.43. The fourth-order valence-corrected chi connectivity index (χ4v) is 3.91. The molecule has 2 heterocycles. The van der Waals surface area contributed by atoms with Gasteiger partial charge in [-0.2, -0.15) is 11.3 Å². The lowest BCUT2D eigenvalue weighted by Gasteiger charge is -2.16. The van der Waals surface area contributed by atoms with Crippen LogP contribution in [-0.2, 0) is 12.0 Å². The second-order valence-corrected chi connectivity index (χ2v) is 7.04. The molecule has 0 spiro atoms. The molecule has 0 amide bonds. The Labute approximate surface area is 111 Å². The molecule has 0 aromatic carbocycles. The van der Waals surface area contributed by atoms with Gasteiger partial charge in [0.1, 0.15) is 5.01 Å². The highest BCUT2D eigenvalue weighted by Crippen LogP contribution is 2.36. The van der Waals surface area contributed by atoms with Gasteiger partial charge in [0.2, 0.25) is 0 Å². The van der Waals surface area contributed by atoms with E-state index in [1.54, 1.807) is 22.7 Å². The van der Waals surface area contributed by atoms with Gasteiger partial charge in [0.05, 0.1) is 5.69 Å². The molecule has 0 fully saturated rings. The fraction of sp³-hybridized carbons (Fsp3) is 0.462. The van der Waals surface area contributed by atoms with E-state index >= 15 is 0 Å². The van der Waals surface area contributed by atoms with Gasteiger partial charge in [-0.1, -0.05) is 20.8 Å². The normalized spacial score (nSPS) is 12.1. The minimum atomic E-state index is 0.0629. The zero-order valence-electron chi connectivity index (χ0n) is 10.7. The number of aryl methyl sites for hydroxylation is 1. The summed E-state index contributed by atoms with van der Waals surface area (Å²) >= 11 is 3.46. The highest BCUT2D eigenvalue weighted by molar-refractivity contribution is 7.15. The molecule has 0 aliphatic heterocycles. The molecule has 0 aliphatic rings. The van der Waals surface area contributed by atoms with E-state index in [2.05, 4.69) is 38.5 Å². The van der Waals surface area contributed by atoms with Gasteiger partial charge in [0, 0.05) is 27.8 Å². The smallest absolute Gasteiger partial charge is 0.125 e. The molecule has 2 aromatic heterocycles. The summed E-state index contributed by atoms with van der Waals surface area (Å²) in [5, 5.41) is 5.44. The molecule has 2 N–H and O–H groups in total. The summed E-state index contributed by atoms with van der Waals surface area (Å²) in [6.45, 7) is 9.27. The number of rotatable bonds is 2. The van der Waals surface area contributed by atoms with Gasteiger partial charge in [-0.15, -0.1) is 11.3 Å². The lowest BCUT2D eigenvalue weighted by Crippen LogP contribution is -2.15. The third-order valence-electron chi connectivity index (χ3n) is 2.68. The van der Waals surface area contributed by atoms with Crippen LogP contribution in [0.4, 0.5) is 0 Å².